The highest BCUT2D eigenvalue weighted by Crippen LogP contribution is 2.26. The second kappa shape index (κ2) is 4.93. The van der Waals surface area contributed by atoms with Crippen LogP contribution in [0.2, 0.25) is 0 Å². The van der Waals surface area contributed by atoms with Gasteiger partial charge in [-0.05, 0) is 19.1 Å². The summed E-state index contributed by atoms with van der Waals surface area (Å²) in [5, 5.41) is 6.76. The minimum Gasteiger partial charge on any atom is -0.389 e. The first-order valence-corrected chi connectivity index (χ1v) is 5.85. The average Bonchev–Trinajstić information content (AvgIpc) is 2.62. The highest BCUT2D eigenvalue weighted by Gasteiger charge is 2.14. The molecular formula is C12H12F2N4S. The summed E-state index contributed by atoms with van der Waals surface area (Å²) in [6.45, 7) is 1.74. The third-order valence-electron chi connectivity index (χ3n) is 2.60. The molecule has 2 rings (SSSR count). The Morgan fingerprint density at radius 2 is 1.95 bits per heavy atom. The van der Waals surface area contributed by atoms with E-state index in [4.69, 9.17) is 5.73 Å². The molecule has 0 aliphatic heterocycles. The SMILES string of the molecule is Cc1nn(C)cc1Nc1c(F)cc(C(N)=S)cc1F. The van der Waals surface area contributed by atoms with Crippen LogP contribution in [0.1, 0.15) is 11.3 Å². The number of hydrogen-bond donors (Lipinski definition) is 2. The van der Waals surface area contributed by atoms with Gasteiger partial charge in [-0.25, -0.2) is 8.78 Å². The molecule has 0 saturated heterocycles. The van der Waals surface area contributed by atoms with Crippen molar-refractivity contribution in [3.8, 4) is 0 Å². The van der Waals surface area contributed by atoms with Crippen LogP contribution in [0.15, 0.2) is 18.3 Å². The molecule has 0 bridgehead atoms. The van der Waals surface area contributed by atoms with E-state index in [0.29, 0.717) is 11.4 Å². The summed E-state index contributed by atoms with van der Waals surface area (Å²) in [6.07, 6.45) is 1.63. The number of rotatable bonds is 3. The Balaban J connectivity index is 2.41. The molecule has 3 N–H and O–H groups in total. The molecule has 4 nitrogen and oxygen atoms in total. The van der Waals surface area contributed by atoms with E-state index < -0.39 is 11.6 Å². The Labute approximate surface area is 114 Å². The molecule has 0 aliphatic rings. The molecule has 1 heterocycles. The average molecular weight is 282 g/mol. The first-order chi connectivity index (χ1) is 8.88. The van der Waals surface area contributed by atoms with Gasteiger partial charge in [-0.3, -0.25) is 4.68 Å². The first kappa shape index (κ1) is 13.4. The summed E-state index contributed by atoms with van der Waals surface area (Å²) in [4.78, 5) is -0.0538. The van der Waals surface area contributed by atoms with Crippen LogP contribution in [0.25, 0.3) is 0 Å². The first-order valence-electron chi connectivity index (χ1n) is 5.44. The fraction of sp³-hybridized carbons (Fsp3) is 0.167. The van der Waals surface area contributed by atoms with Crippen molar-refractivity contribution in [3.63, 3.8) is 0 Å². The Morgan fingerprint density at radius 1 is 1.37 bits per heavy atom. The van der Waals surface area contributed by atoms with Gasteiger partial charge in [0.2, 0.25) is 0 Å². The summed E-state index contributed by atoms with van der Waals surface area (Å²) >= 11 is 4.69. The number of anilines is 2. The zero-order valence-electron chi connectivity index (χ0n) is 10.4. The summed E-state index contributed by atoms with van der Waals surface area (Å²) in [7, 11) is 1.72. The highest BCUT2D eigenvalue weighted by molar-refractivity contribution is 7.80. The minimum absolute atomic E-state index is 0.0538. The molecule has 0 amide bonds. The Bertz CT molecular complexity index is 628. The number of aromatic nitrogens is 2. The maximum absolute atomic E-state index is 13.9. The van der Waals surface area contributed by atoms with E-state index in [1.165, 1.54) is 0 Å². The molecule has 0 radical (unpaired) electrons. The predicted octanol–water partition coefficient (Wildman–Crippen LogP) is 2.38. The van der Waals surface area contributed by atoms with Gasteiger partial charge in [0, 0.05) is 18.8 Å². The van der Waals surface area contributed by atoms with Crippen LogP contribution in [0.4, 0.5) is 20.2 Å². The Kier molecular flexibility index (Phi) is 3.48. The summed E-state index contributed by atoms with van der Waals surface area (Å²) in [6, 6.07) is 2.19. The van der Waals surface area contributed by atoms with Crippen molar-refractivity contribution in [2.75, 3.05) is 5.32 Å². The van der Waals surface area contributed by atoms with Crippen molar-refractivity contribution in [1.82, 2.24) is 9.78 Å². The molecule has 0 saturated carbocycles. The van der Waals surface area contributed by atoms with Gasteiger partial charge in [0.25, 0.3) is 0 Å². The smallest absolute Gasteiger partial charge is 0.150 e. The molecule has 2 aromatic rings. The quantitative estimate of drug-likeness (QED) is 0.849. The number of nitrogens with zero attached hydrogens (tertiary/aromatic N) is 2. The molecule has 7 heteroatoms. The van der Waals surface area contributed by atoms with Gasteiger partial charge >= 0.3 is 0 Å². The van der Waals surface area contributed by atoms with Gasteiger partial charge in [-0.1, -0.05) is 12.2 Å². The number of nitrogens with one attached hydrogen (secondary N) is 1. The van der Waals surface area contributed by atoms with Gasteiger partial charge in [0.15, 0.2) is 0 Å². The number of nitrogens with two attached hydrogens (primary N) is 1. The summed E-state index contributed by atoms with van der Waals surface area (Å²) in [5.74, 6) is -1.52. The lowest BCUT2D eigenvalue weighted by atomic mass is 10.2. The van der Waals surface area contributed by atoms with Crippen LogP contribution in [0.3, 0.4) is 0 Å². The van der Waals surface area contributed by atoms with E-state index in [2.05, 4.69) is 22.6 Å². The molecule has 0 atom stereocenters. The van der Waals surface area contributed by atoms with Gasteiger partial charge < -0.3 is 11.1 Å². The van der Waals surface area contributed by atoms with E-state index in [1.54, 1.807) is 24.9 Å². The number of halogens is 2. The van der Waals surface area contributed by atoms with Crippen molar-refractivity contribution in [1.29, 1.82) is 0 Å². The lowest BCUT2D eigenvalue weighted by Gasteiger charge is -2.09. The number of thiocarbonyl (C=S) groups is 1. The monoisotopic (exact) mass is 282 g/mol. The maximum atomic E-state index is 13.9. The normalized spacial score (nSPS) is 10.5. The van der Waals surface area contributed by atoms with Crippen molar-refractivity contribution < 1.29 is 8.78 Å². The topological polar surface area (TPSA) is 55.9 Å². The zero-order valence-corrected chi connectivity index (χ0v) is 11.2. The lowest BCUT2D eigenvalue weighted by molar-refractivity contribution is 0.590. The van der Waals surface area contributed by atoms with E-state index in [-0.39, 0.29) is 16.2 Å². The fourth-order valence-electron chi connectivity index (χ4n) is 1.69. The van der Waals surface area contributed by atoms with E-state index in [1.807, 2.05) is 0 Å². The fourth-order valence-corrected chi connectivity index (χ4v) is 1.81. The minimum atomic E-state index is -0.758. The predicted molar refractivity (Wildman–Crippen MR) is 73.5 cm³/mol. The van der Waals surface area contributed by atoms with E-state index in [9.17, 15) is 8.78 Å². The van der Waals surface area contributed by atoms with Crippen LogP contribution in [0, 0.1) is 18.6 Å². The Hall–Kier alpha value is -2.02. The van der Waals surface area contributed by atoms with Gasteiger partial charge in [0.05, 0.1) is 11.4 Å². The van der Waals surface area contributed by atoms with Gasteiger partial charge in [-0.2, -0.15) is 5.10 Å². The number of benzene rings is 1. The van der Waals surface area contributed by atoms with Crippen LogP contribution < -0.4 is 11.1 Å². The molecular weight excluding hydrogens is 270 g/mol. The van der Waals surface area contributed by atoms with Crippen molar-refractivity contribution in [2.45, 2.75) is 6.92 Å². The van der Waals surface area contributed by atoms with Crippen molar-refractivity contribution in [3.05, 3.63) is 41.2 Å². The van der Waals surface area contributed by atoms with Crippen molar-refractivity contribution >= 4 is 28.6 Å². The second-order valence-corrected chi connectivity index (χ2v) is 4.55. The standard InChI is InChI=1S/C12H12F2N4S/c1-6-10(5-18(2)17-6)16-11-8(13)3-7(12(15)19)4-9(11)14/h3-5,16H,1-2H3,(H2,15,19). The van der Waals surface area contributed by atoms with E-state index >= 15 is 0 Å². The van der Waals surface area contributed by atoms with Crippen LogP contribution >= 0.6 is 12.2 Å². The van der Waals surface area contributed by atoms with Crippen LogP contribution in [-0.2, 0) is 7.05 Å². The summed E-state index contributed by atoms with van der Waals surface area (Å²) < 4.78 is 29.3. The lowest BCUT2D eigenvalue weighted by Crippen LogP contribution is -2.11. The van der Waals surface area contributed by atoms with E-state index in [0.717, 1.165) is 12.1 Å². The maximum Gasteiger partial charge on any atom is 0.150 e. The molecule has 0 unspecified atom stereocenters. The van der Waals surface area contributed by atoms with Gasteiger partial charge in [-0.15, -0.1) is 0 Å². The number of aryl methyl sites for hydroxylation is 2. The molecule has 1 aromatic carbocycles. The number of hydrogen-bond acceptors (Lipinski definition) is 3. The molecule has 0 aliphatic carbocycles. The van der Waals surface area contributed by atoms with Crippen LogP contribution in [-0.4, -0.2) is 14.8 Å². The summed E-state index contributed by atoms with van der Waals surface area (Å²) in [5.41, 5.74) is 6.41. The third-order valence-corrected chi connectivity index (χ3v) is 2.84. The largest absolute Gasteiger partial charge is 0.389 e. The molecule has 0 fully saturated rings. The third kappa shape index (κ3) is 2.70. The molecule has 1 aromatic heterocycles. The van der Waals surface area contributed by atoms with Crippen molar-refractivity contribution in [2.24, 2.45) is 12.8 Å². The molecule has 100 valence electrons. The van der Waals surface area contributed by atoms with Gasteiger partial charge in [0.1, 0.15) is 22.3 Å². The second-order valence-electron chi connectivity index (χ2n) is 4.11. The van der Waals surface area contributed by atoms with Crippen LogP contribution in [0.5, 0.6) is 0 Å². The highest BCUT2D eigenvalue weighted by atomic mass is 32.1. The Morgan fingerprint density at radius 3 is 2.37 bits per heavy atom. The molecule has 0 spiro atoms. The zero-order chi connectivity index (χ0) is 14.2. The molecule has 19 heavy (non-hydrogen) atoms.